The van der Waals surface area contributed by atoms with Crippen molar-refractivity contribution in [3.8, 4) is 11.8 Å². The van der Waals surface area contributed by atoms with Gasteiger partial charge in [0.25, 0.3) is 0 Å². The molecular weight excluding hydrogens is 322 g/mol. The Morgan fingerprint density at radius 2 is 1.92 bits per heavy atom. The molecule has 7 heteroatoms. The second-order valence-corrected chi connectivity index (χ2v) is 5.13. The van der Waals surface area contributed by atoms with E-state index in [0.29, 0.717) is 11.0 Å². The molecule has 0 amide bonds. The lowest BCUT2D eigenvalue weighted by atomic mass is 10.2. The van der Waals surface area contributed by atoms with Gasteiger partial charge in [-0.2, -0.15) is 5.26 Å². The number of ether oxygens (including phenoxy) is 1. The molecule has 0 bridgehead atoms. The van der Waals surface area contributed by atoms with Gasteiger partial charge in [-0.3, -0.25) is 0 Å². The fourth-order valence-electron chi connectivity index (χ4n) is 2.26. The van der Waals surface area contributed by atoms with Crippen molar-refractivity contribution in [2.45, 2.75) is 0 Å². The molecule has 0 radical (unpaired) electrons. The molecular formula is C18H13N3O4. The molecule has 7 nitrogen and oxygen atoms in total. The molecule has 124 valence electrons. The van der Waals surface area contributed by atoms with Gasteiger partial charge in [-0.25, -0.2) is 9.78 Å². The maximum atomic E-state index is 11.9. The van der Waals surface area contributed by atoms with E-state index in [1.807, 2.05) is 12.1 Å². The number of rotatable bonds is 4. The summed E-state index contributed by atoms with van der Waals surface area (Å²) in [4.78, 5) is 19.1. The number of H-pyrrole nitrogens is 1. The lowest BCUT2D eigenvalue weighted by Crippen LogP contribution is -2.09. The number of phenols is 1. The van der Waals surface area contributed by atoms with E-state index in [9.17, 15) is 20.3 Å². The lowest BCUT2D eigenvalue weighted by molar-refractivity contribution is 0.0499. The van der Waals surface area contributed by atoms with Crippen LogP contribution in [0.4, 0.5) is 0 Å². The summed E-state index contributed by atoms with van der Waals surface area (Å²) in [5.41, 5.74) is 1.20. The number of imidazole rings is 1. The van der Waals surface area contributed by atoms with Crippen molar-refractivity contribution in [2.24, 2.45) is 0 Å². The van der Waals surface area contributed by atoms with E-state index in [-0.39, 0.29) is 22.7 Å². The quantitative estimate of drug-likeness (QED) is 0.383. The molecule has 3 aromatic rings. The van der Waals surface area contributed by atoms with Gasteiger partial charge < -0.3 is 19.9 Å². The number of aromatic nitrogens is 2. The third-order valence-electron chi connectivity index (χ3n) is 3.49. The number of para-hydroxylation sites is 3. The third-order valence-corrected chi connectivity index (χ3v) is 3.49. The molecule has 3 rings (SSSR count). The van der Waals surface area contributed by atoms with Crippen molar-refractivity contribution in [3.63, 3.8) is 0 Å². The van der Waals surface area contributed by atoms with E-state index < -0.39 is 18.3 Å². The summed E-state index contributed by atoms with van der Waals surface area (Å²) in [5.74, 6) is -1.30. The van der Waals surface area contributed by atoms with Gasteiger partial charge in [0.05, 0.1) is 11.0 Å². The van der Waals surface area contributed by atoms with Crippen LogP contribution in [0.1, 0.15) is 16.2 Å². The Bertz CT molecular complexity index is 981. The van der Waals surface area contributed by atoms with E-state index in [2.05, 4.69) is 9.97 Å². The van der Waals surface area contributed by atoms with E-state index in [0.717, 1.165) is 0 Å². The summed E-state index contributed by atoms with van der Waals surface area (Å²) in [5, 5.41) is 29.0. The summed E-state index contributed by atoms with van der Waals surface area (Å²) in [6.07, 6.45) is 0. The second-order valence-electron chi connectivity index (χ2n) is 5.13. The number of carbonyl (C=O) groups is 1. The van der Waals surface area contributed by atoms with Gasteiger partial charge in [0.1, 0.15) is 29.6 Å². The summed E-state index contributed by atoms with van der Waals surface area (Å²) in [6.45, 7) is -0.521. The maximum absolute atomic E-state index is 11.9. The number of esters is 1. The summed E-state index contributed by atoms with van der Waals surface area (Å²) >= 11 is 0. The van der Waals surface area contributed by atoms with Crippen LogP contribution < -0.4 is 0 Å². The monoisotopic (exact) mass is 335 g/mol. The van der Waals surface area contributed by atoms with Crippen molar-refractivity contribution in [3.05, 3.63) is 65.7 Å². The first-order valence-electron chi connectivity index (χ1n) is 7.32. The van der Waals surface area contributed by atoms with Gasteiger partial charge in [-0.15, -0.1) is 0 Å². The molecule has 1 aromatic heterocycles. The van der Waals surface area contributed by atoms with Crippen LogP contribution in [0.15, 0.2) is 54.3 Å². The first-order valence-corrected chi connectivity index (χ1v) is 7.32. The number of aliphatic hydroxyl groups excluding tert-OH is 1. The molecule has 0 saturated carbocycles. The Hall–Kier alpha value is -3.79. The number of nitrogens with zero attached hydrogens (tertiary/aromatic N) is 2. The zero-order chi connectivity index (χ0) is 17.8. The van der Waals surface area contributed by atoms with E-state index in [1.165, 1.54) is 12.1 Å². The number of carbonyl (C=O) groups excluding carboxylic acids is 1. The number of benzene rings is 2. The number of aromatic amines is 1. The average Bonchev–Trinajstić information content (AvgIpc) is 3.04. The highest BCUT2D eigenvalue weighted by molar-refractivity contribution is 5.92. The predicted octanol–water partition coefficient (Wildman–Crippen LogP) is 2.92. The predicted molar refractivity (Wildman–Crippen MR) is 89.6 cm³/mol. The number of aliphatic hydroxyl groups is 1. The fourth-order valence-corrected chi connectivity index (χ4v) is 2.26. The van der Waals surface area contributed by atoms with Crippen molar-refractivity contribution in [1.82, 2.24) is 9.97 Å². The molecule has 0 unspecified atom stereocenters. The number of phenolic OH excluding ortho intramolecular Hbond substituents is 1. The molecule has 0 aliphatic carbocycles. The summed E-state index contributed by atoms with van der Waals surface area (Å²) < 4.78 is 4.95. The third kappa shape index (κ3) is 3.28. The van der Waals surface area contributed by atoms with Crippen LogP contribution >= 0.6 is 0 Å². The Kier molecular flexibility index (Phi) is 4.35. The number of hydrogen-bond donors (Lipinski definition) is 3. The number of allylic oxidation sites excluding steroid dienone is 1. The van der Waals surface area contributed by atoms with Gasteiger partial charge in [0, 0.05) is 0 Å². The molecule has 0 aliphatic heterocycles. The molecule has 0 atom stereocenters. The van der Waals surface area contributed by atoms with Crippen LogP contribution in [0.5, 0.6) is 5.75 Å². The molecule has 0 spiro atoms. The Morgan fingerprint density at radius 1 is 1.20 bits per heavy atom. The largest absolute Gasteiger partial charge is 0.507 e. The Morgan fingerprint density at radius 3 is 2.64 bits per heavy atom. The van der Waals surface area contributed by atoms with Gasteiger partial charge in [0.2, 0.25) is 0 Å². The van der Waals surface area contributed by atoms with Crippen LogP contribution in [0.2, 0.25) is 0 Å². The van der Waals surface area contributed by atoms with Crippen molar-refractivity contribution >= 4 is 22.6 Å². The van der Waals surface area contributed by atoms with Crippen LogP contribution in [0.3, 0.4) is 0 Å². The molecule has 1 heterocycles. The number of nitriles is 1. The van der Waals surface area contributed by atoms with Crippen molar-refractivity contribution in [1.29, 1.82) is 5.26 Å². The summed E-state index contributed by atoms with van der Waals surface area (Å²) in [7, 11) is 0. The Labute approximate surface area is 142 Å². The van der Waals surface area contributed by atoms with Crippen LogP contribution in [0.25, 0.3) is 16.6 Å². The minimum atomic E-state index is -0.813. The van der Waals surface area contributed by atoms with Gasteiger partial charge in [0.15, 0.2) is 11.6 Å². The standard InChI is InChI=1S/C18H13N3O4/c19-9-12(17-20-13-6-2-3-7-14(13)21-17)16(23)10-25-18(24)11-5-1-4-8-15(11)22/h1-8,22-23H,10H2,(H,20,21). The van der Waals surface area contributed by atoms with Gasteiger partial charge in [-0.05, 0) is 24.3 Å². The van der Waals surface area contributed by atoms with Crippen LogP contribution in [-0.2, 0) is 4.74 Å². The zero-order valence-corrected chi connectivity index (χ0v) is 12.9. The van der Waals surface area contributed by atoms with Gasteiger partial charge in [-0.1, -0.05) is 24.3 Å². The van der Waals surface area contributed by atoms with E-state index in [4.69, 9.17) is 4.74 Å². The highest BCUT2D eigenvalue weighted by Gasteiger charge is 2.16. The maximum Gasteiger partial charge on any atom is 0.342 e. The average molecular weight is 335 g/mol. The first kappa shape index (κ1) is 16.1. The van der Waals surface area contributed by atoms with Crippen LogP contribution in [-0.4, -0.2) is 32.8 Å². The van der Waals surface area contributed by atoms with E-state index >= 15 is 0 Å². The second kappa shape index (κ2) is 6.76. The van der Waals surface area contributed by atoms with E-state index in [1.54, 1.807) is 30.3 Å². The van der Waals surface area contributed by atoms with Gasteiger partial charge >= 0.3 is 5.97 Å². The highest BCUT2D eigenvalue weighted by atomic mass is 16.5. The number of hydrogen-bond acceptors (Lipinski definition) is 6. The number of aromatic hydroxyl groups is 1. The minimum Gasteiger partial charge on any atom is -0.507 e. The molecule has 25 heavy (non-hydrogen) atoms. The number of nitrogens with one attached hydrogen (secondary N) is 1. The Balaban J connectivity index is 1.81. The molecule has 0 aliphatic rings. The topological polar surface area (TPSA) is 119 Å². The van der Waals surface area contributed by atoms with Crippen LogP contribution in [0, 0.1) is 11.3 Å². The highest BCUT2D eigenvalue weighted by Crippen LogP contribution is 2.20. The fraction of sp³-hybridized carbons (Fsp3) is 0.0556. The molecule has 0 saturated heterocycles. The zero-order valence-electron chi connectivity index (χ0n) is 12.9. The molecule has 0 fully saturated rings. The van der Waals surface area contributed by atoms with Crippen molar-refractivity contribution < 1.29 is 19.7 Å². The normalized spacial score (nSPS) is 11.6. The molecule has 3 N–H and O–H groups in total. The lowest BCUT2D eigenvalue weighted by Gasteiger charge is -2.06. The SMILES string of the molecule is N#CC(=C(O)COC(=O)c1ccccc1O)c1nc2ccccc2[nH]1. The first-order chi connectivity index (χ1) is 12.1. The smallest absolute Gasteiger partial charge is 0.342 e. The molecule has 2 aromatic carbocycles. The number of fused-ring (bicyclic) bond motifs is 1. The minimum absolute atomic E-state index is 0.0301. The van der Waals surface area contributed by atoms with Crippen molar-refractivity contribution in [2.75, 3.05) is 6.61 Å². The summed E-state index contributed by atoms with van der Waals surface area (Å²) in [6, 6.07) is 14.9.